The molecule has 0 saturated carbocycles. The lowest BCUT2D eigenvalue weighted by Gasteiger charge is -2.10. The van der Waals surface area contributed by atoms with E-state index in [0.717, 1.165) is 26.9 Å². The Hall–Kier alpha value is -2.44. The van der Waals surface area contributed by atoms with E-state index in [2.05, 4.69) is 21.2 Å². The molecule has 1 heterocycles. The van der Waals surface area contributed by atoms with Crippen molar-refractivity contribution in [3.8, 4) is 0 Å². The summed E-state index contributed by atoms with van der Waals surface area (Å²) in [4.78, 5) is 11.9. The van der Waals surface area contributed by atoms with Gasteiger partial charge in [0.25, 0.3) is 0 Å². The normalized spacial score (nSPS) is 11.0. The Morgan fingerprint density at radius 2 is 1.79 bits per heavy atom. The average Bonchev–Trinajstić information content (AvgIpc) is 2.86. The standard InChI is InChI=1S/C22H22BrFN2O2/c1-14-20(12-25-11-16-5-3-7-18(23)9-16)21(22(27)28)15(2)26(14)13-17-6-4-8-19(24)10-17/h3-10,25H,11-13H2,1-2H3,(H,27,28). The van der Waals surface area contributed by atoms with Crippen LogP contribution in [0.15, 0.2) is 53.0 Å². The van der Waals surface area contributed by atoms with Crippen molar-refractivity contribution in [2.24, 2.45) is 0 Å². The van der Waals surface area contributed by atoms with Gasteiger partial charge in [-0.2, -0.15) is 0 Å². The zero-order chi connectivity index (χ0) is 20.3. The summed E-state index contributed by atoms with van der Waals surface area (Å²) < 4.78 is 16.5. The zero-order valence-electron chi connectivity index (χ0n) is 15.8. The fraction of sp³-hybridized carbons (Fsp3) is 0.227. The van der Waals surface area contributed by atoms with E-state index in [1.54, 1.807) is 13.0 Å². The number of rotatable bonds is 7. The first-order valence-corrected chi connectivity index (χ1v) is 9.77. The Morgan fingerprint density at radius 3 is 2.46 bits per heavy atom. The molecule has 28 heavy (non-hydrogen) atoms. The first-order valence-electron chi connectivity index (χ1n) is 8.98. The van der Waals surface area contributed by atoms with E-state index in [9.17, 15) is 14.3 Å². The molecule has 0 unspecified atom stereocenters. The lowest BCUT2D eigenvalue weighted by atomic mass is 10.1. The Labute approximate surface area is 172 Å². The van der Waals surface area contributed by atoms with E-state index in [0.29, 0.717) is 30.9 Å². The molecule has 0 radical (unpaired) electrons. The molecule has 0 amide bonds. The van der Waals surface area contributed by atoms with Gasteiger partial charge in [-0.25, -0.2) is 9.18 Å². The second-order valence-electron chi connectivity index (χ2n) is 6.78. The molecular weight excluding hydrogens is 423 g/mol. The van der Waals surface area contributed by atoms with Crippen LogP contribution in [-0.2, 0) is 19.6 Å². The van der Waals surface area contributed by atoms with Gasteiger partial charge in [-0.3, -0.25) is 0 Å². The minimum atomic E-state index is -0.946. The van der Waals surface area contributed by atoms with Gasteiger partial charge in [-0.15, -0.1) is 0 Å². The monoisotopic (exact) mass is 444 g/mol. The second kappa shape index (κ2) is 8.71. The van der Waals surface area contributed by atoms with E-state index in [4.69, 9.17) is 0 Å². The highest BCUT2D eigenvalue weighted by molar-refractivity contribution is 9.10. The van der Waals surface area contributed by atoms with Gasteiger partial charge < -0.3 is 15.0 Å². The Balaban J connectivity index is 1.84. The van der Waals surface area contributed by atoms with Crippen molar-refractivity contribution in [1.29, 1.82) is 0 Å². The molecule has 146 valence electrons. The number of aromatic carboxylic acids is 1. The third kappa shape index (κ3) is 4.51. The molecule has 2 aromatic carbocycles. The van der Waals surface area contributed by atoms with Crippen LogP contribution in [0.4, 0.5) is 4.39 Å². The number of aromatic nitrogens is 1. The summed E-state index contributed by atoms with van der Waals surface area (Å²) in [7, 11) is 0. The Morgan fingerprint density at radius 1 is 1.07 bits per heavy atom. The van der Waals surface area contributed by atoms with Gasteiger partial charge in [0.05, 0.1) is 5.56 Å². The van der Waals surface area contributed by atoms with E-state index >= 15 is 0 Å². The van der Waals surface area contributed by atoms with Crippen LogP contribution in [0.3, 0.4) is 0 Å². The summed E-state index contributed by atoms with van der Waals surface area (Å²) in [5, 5.41) is 13.1. The SMILES string of the molecule is Cc1c(CNCc2cccc(Br)c2)c(C(=O)O)c(C)n1Cc1cccc(F)c1. The maximum Gasteiger partial charge on any atom is 0.337 e. The van der Waals surface area contributed by atoms with Crippen molar-refractivity contribution < 1.29 is 14.3 Å². The number of benzene rings is 2. The number of carboxylic acid groups (broad SMARTS) is 1. The van der Waals surface area contributed by atoms with Crippen LogP contribution in [0.2, 0.25) is 0 Å². The molecule has 0 saturated heterocycles. The molecule has 0 bridgehead atoms. The Kier molecular flexibility index (Phi) is 6.31. The fourth-order valence-corrected chi connectivity index (χ4v) is 3.93. The Bertz CT molecular complexity index is 1010. The van der Waals surface area contributed by atoms with Crippen LogP contribution in [0, 0.1) is 19.7 Å². The van der Waals surface area contributed by atoms with Gasteiger partial charge in [-0.1, -0.05) is 40.2 Å². The number of carbonyl (C=O) groups is 1. The highest BCUT2D eigenvalue weighted by Crippen LogP contribution is 2.24. The third-order valence-corrected chi connectivity index (χ3v) is 5.37. The summed E-state index contributed by atoms with van der Waals surface area (Å²) in [6, 6.07) is 14.4. The number of hydrogen-bond donors (Lipinski definition) is 2. The molecule has 0 aliphatic heterocycles. The molecule has 3 rings (SSSR count). The molecular formula is C22H22BrFN2O2. The number of carboxylic acids is 1. The fourth-order valence-electron chi connectivity index (χ4n) is 3.48. The van der Waals surface area contributed by atoms with Crippen molar-refractivity contribution in [2.45, 2.75) is 33.5 Å². The van der Waals surface area contributed by atoms with E-state index in [1.165, 1.54) is 12.1 Å². The summed E-state index contributed by atoms with van der Waals surface area (Å²) in [6.45, 7) is 5.22. The van der Waals surface area contributed by atoms with Gasteiger partial charge in [0.2, 0.25) is 0 Å². The first-order chi connectivity index (χ1) is 13.4. The molecule has 3 aromatic rings. The highest BCUT2D eigenvalue weighted by atomic mass is 79.9. The topological polar surface area (TPSA) is 54.3 Å². The molecule has 0 spiro atoms. The largest absolute Gasteiger partial charge is 0.478 e. The predicted octanol–water partition coefficient (Wildman–Crippen LogP) is 5.04. The third-order valence-electron chi connectivity index (χ3n) is 4.87. The van der Waals surface area contributed by atoms with Crippen molar-refractivity contribution in [3.05, 3.63) is 92.5 Å². The minimum absolute atomic E-state index is 0.297. The number of nitrogens with one attached hydrogen (secondary N) is 1. The lowest BCUT2D eigenvalue weighted by Crippen LogP contribution is -2.15. The molecule has 1 aromatic heterocycles. The molecule has 2 N–H and O–H groups in total. The van der Waals surface area contributed by atoms with Crippen LogP contribution >= 0.6 is 15.9 Å². The van der Waals surface area contributed by atoms with Crippen LogP contribution in [0.25, 0.3) is 0 Å². The maximum atomic E-state index is 13.5. The van der Waals surface area contributed by atoms with E-state index in [-0.39, 0.29) is 5.82 Å². The molecule has 0 aliphatic rings. The zero-order valence-corrected chi connectivity index (χ0v) is 17.4. The van der Waals surface area contributed by atoms with E-state index < -0.39 is 5.97 Å². The highest BCUT2D eigenvalue weighted by Gasteiger charge is 2.22. The molecule has 4 nitrogen and oxygen atoms in total. The van der Waals surface area contributed by atoms with E-state index in [1.807, 2.05) is 41.8 Å². The van der Waals surface area contributed by atoms with Crippen LogP contribution in [-0.4, -0.2) is 15.6 Å². The minimum Gasteiger partial charge on any atom is -0.478 e. The van der Waals surface area contributed by atoms with Gasteiger partial charge in [0, 0.05) is 41.1 Å². The lowest BCUT2D eigenvalue weighted by molar-refractivity contribution is 0.0694. The van der Waals surface area contributed by atoms with Crippen LogP contribution in [0.1, 0.15) is 38.4 Å². The van der Waals surface area contributed by atoms with Crippen LogP contribution in [0.5, 0.6) is 0 Å². The quantitative estimate of drug-likeness (QED) is 0.536. The number of halogens is 2. The molecule has 0 fully saturated rings. The molecule has 0 aliphatic carbocycles. The van der Waals surface area contributed by atoms with Crippen molar-refractivity contribution in [2.75, 3.05) is 0 Å². The molecule has 0 atom stereocenters. The second-order valence-corrected chi connectivity index (χ2v) is 7.69. The number of nitrogens with zero attached hydrogens (tertiary/aromatic N) is 1. The number of hydrogen-bond acceptors (Lipinski definition) is 2. The molecule has 6 heteroatoms. The predicted molar refractivity (Wildman–Crippen MR) is 111 cm³/mol. The maximum absolute atomic E-state index is 13.5. The van der Waals surface area contributed by atoms with Crippen molar-refractivity contribution in [1.82, 2.24) is 9.88 Å². The van der Waals surface area contributed by atoms with Gasteiger partial charge >= 0.3 is 5.97 Å². The van der Waals surface area contributed by atoms with Crippen molar-refractivity contribution in [3.63, 3.8) is 0 Å². The summed E-state index contributed by atoms with van der Waals surface area (Å²) in [5.74, 6) is -1.24. The van der Waals surface area contributed by atoms with Crippen LogP contribution < -0.4 is 5.32 Å². The average molecular weight is 445 g/mol. The summed E-state index contributed by atoms with van der Waals surface area (Å²) in [5.41, 5.74) is 4.54. The first kappa shape index (κ1) is 20.3. The van der Waals surface area contributed by atoms with Gasteiger partial charge in [-0.05, 0) is 49.2 Å². The summed E-state index contributed by atoms with van der Waals surface area (Å²) in [6.07, 6.45) is 0. The van der Waals surface area contributed by atoms with Crippen molar-refractivity contribution >= 4 is 21.9 Å². The van der Waals surface area contributed by atoms with Gasteiger partial charge in [0.1, 0.15) is 5.82 Å². The van der Waals surface area contributed by atoms with Gasteiger partial charge in [0.15, 0.2) is 0 Å². The summed E-state index contributed by atoms with van der Waals surface area (Å²) >= 11 is 3.46. The smallest absolute Gasteiger partial charge is 0.337 e.